The highest BCUT2D eigenvalue weighted by Crippen LogP contribution is 2.32. The Labute approximate surface area is 160 Å². The van der Waals surface area contributed by atoms with Gasteiger partial charge in [0, 0.05) is 36.7 Å². The zero-order valence-electron chi connectivity index (χ0n) is 15.7. The highest BCUT2D eigenvalue weighted by atomic mass is 16.5. The predicted molar refractivity (Wildman–Crippen MR) is 107 cm³/mol. The summed E-state index contributed by atoms with van der Waals surface area (Å²) in [5, 5.41) is 0. The van der Waals surface area contributed by atoms with Crippen LogP contribution in [0.1, 0.15) is 36.4 Å². The van der Waals surface area contributed by atoms with Crippen molar-refractivity contribution in [1.29, 1.82) is 0 Å². The minimum atomic E-state index is 0.422. The summed E-state index contributed by atoms with van der Waals surface area (Å²) in [6, 6.07) is 17.0. The Kier molecular flexibility index (Phi) is 5.45. The molecule has 0 N–H and O–H groups in total. The number of pyridine rings is 2. The lowest BCUT2D eigenvalue weighted by Crippen LogP contribution is -2.33. The Hall–Kier alpha value is -2.72. The largest absolute Gasteiger partial charge is 0.497 e. The number of piperidine rings is 1. The quantitative estimate of drug-likeness (QED) is 0.651. The molecular weight excluding hydrogens is 334 g/mol. The minimum absolute atomic E-state index is 0.422. The van der Waals surface area contributed by atoms with Crippen molar-refractivity contribution in [1.82, 2.24) is 14.9 Å². The maximum Gasteiger partial charge on any atom is 0.119 e. The molecule has 4 nitrogen and oxygen atoms in total. The van der Waals surface area contributed by atoms with Gasteiger partial charge in [-0.05, 0) is 54.8 Å². The molecule has 0 radical (unpaired) electrons. The molecule has 0 bridgehead atoms. The summed E-state index contributed by atoms with van der Waals surface area (Å²) < 4.78 is 5.33. The average Bonchev–Trinajstić information content (AvgIpc) is 2.75. The van der Waals surface area contributed by atoms with Crippen molar-refractivity contribution in [2.24, 2.45) is 0 Å². The van der Waals surface area contributed by atoms with E-state index in [0.29, 0.717) is 6.04 Å². The fourth-order valence-corrected chi connectivity index (χ4v) is 3.84. The number of likely N-dealkylation sites (tertiary alicyclic amines) is 1. The van der Waals surface area contributed by atoms with E-state index < -0.39 is 0 Å². The van der Waals surface area contributed by atoms with Crippen LogP contribution in [0.4, 0.5) is 0 Å². The number of ether oxygens (including phenoxy) is 1. The molecule has 1 atom stereocenters. The first kappa shape index (κ1) is 17.7. The highest BCUT2D eigenvalue weighted by molar-refractivity contribution is 5.61. The monoisotopic (exact) mass is 359 g/mol. The van der Waals surface area contributed by atoms with Gasteiger partial charge in [0.15, 0.2) is 0 Å². The van der Waals surface area contributed by atoms with Gasteiger partial charge >= 0.3 is 0 Å². The Morgan fingerprint density at radius 2 is 2.04 bits per heavy atom. The molecule has 1 aliphatic rings. The highest BCUT2D eigenvalue weighted by Gasteiger charge is 2.24. The second kappa shape index (κ2) is 8.31. The molecule has 3 aromatic rings. The molecule has 1 saturated heterocycles. The van der Waals surface area contributed by atoms with Crippen LogP contribution in [-0.4, -0.2) is 28.5 Å². The molecule has 2 aromatic heterocycles. The standard InChI is InChI=1S/C23H25N3O/c1-27-21-8-4-7-19(14-21)22-11-10-20(16-25-22)23-9-2-3-13-26(23)17-18-6-5-12-24-15-18/h4-8,10-12,14-16,23H,2-3,9,13,17H2,1H3/t23-/m0/s1. The summed E-state index contributed by atoms with van der Waals surface area (Å²) in [7, 11) is 1.69. The number of benzene rings is 1. The average molecular weight is 359 g/mol. The van der Waals surface area contributed by atoms with Crippen LogP contribution >= 0.6 is 0 Å². The van der Waals surface area contributed by atoms with Crippen LogP contribution in [0.25, 0.3) is 11.3 Å². The van der Waals surface area contributed by atoms with E-state index in [1.165, 1.54) is 30.4 Å². The second-order valence-corrected chi connectivity index (χ2v) is 7.05. The lowest BCUT2D eigenvalue weighted by molar-refractivity contribution is 0.140. The van der Waals surface area contributed by atoms with E-state index in [4.69, 9.17) is 9.72 Å². The summed E-state index contributed by atoms with van der Waals surface area (Å²) in [5.41, 5.74) is 4.62. The fraction of sp³-hybridized carbons (Fsp3) is 0.304. The van der Waals surface area contributed by atoms with E-state index in [-0.39, 0.29) is 0 Å². The number of methoxy groups -OCH3 is 1. The molecule has 0 aliphatic carbocycles. The molecule has 0 unspecified atom stereocenters. The number of nitrogens with zero attached hydrogens (tertiary/aromatic N) is 3. The van der Waals surface area contributed by atoms with Crippen molar-refractivity contribution in [3.05, 3.63) is 78.2 Å². The third kappa shape index (κ3) is 4.17. The molecule has 138 valence electrons. The van der Waals surface area contributed by atoms with E-state index in [1.54, 1.807) is 7.11 Å². The Morgan fingerprint density at radius 3 is 2.81 bits per heavy atom. The number of hydrogen-bond acceptors (Lipinski definition) is 4. The molecule has 0 amide bonds. The zero-order valence-corrected chi connectivity index (χ0v) is 15.7. The molecule has 1 aromatic carbocycles. The van der Waals surface area contributed by atoms with Crippen molar-refractivity contribution in [3.63, 3.8) is 0 Å². The van der Waals surface area contributed by atoms with Crippen LogP contribution < -0.4 is 4.74 Å². The third-order valence-electron chi connectivity index (χ3n) is 5.26. The van der Waals surface area contributed by atoms with E-state index in [9.17, 15) is 0 Å². The van der Waals surface area contributed by atoms with E-state index in [0.717, 1.165) is 30.1 Å². The molecule has 4 heteroatoms. The number of rotatable bonds is 5. The van der Waals surface area contributed by atoms with Crippen LogP contribution in [-0.2, 0) is 6.54 Å². The third-order valence-corrected chi connectivity index (χ3v) is 5.26. The van der Waals surface area contributed by atoms with Gasteiger partial charge in [0.1, 0.15) is 5.75 Å². The van der Waals surface area contributed by atoms with E-state index >= 15 is 0 Å². The molecule has 4 rings (SSSR count). The van der Waals surface area contributed by atoms with Crippen LogP contribution in [0.5, 0.6) is 5.75 Å². The van der Waals surface area contributed by atoms with Crippen molar-refractivity contribution in [2.75, 3.05) is 13.7 Å². The van der Waals surface area contributed by atoms with Gasteiger partial charge in [0.05, 0.1) is 12.8 Å². The van der Waals surface area contributed by atoms with Gasteiger partial charge in [-0.25, -0.2) is 0 Å². The first-order chi connectivity index (χ1) is 13.3. The normalized spacial score (nSPS) is 17.6. The molecule has 0 saturated carbocycles. The summed E-state index contributed by atoms with van der Waals surface area (Å²) in [4.78, 5) is 11.6. The van der Waals surface area contributed by atoms with Crippen LogP contribution in [0.2, 0.25) is 0 Å². The lowest BCUT2D eigenvalue weighted by atomic mass is 9.95. The smallest absolute Gasteiger partial charge is 0.119 e. The van der Waals surface area contributed by atoms with E-state index in [2.05, 4.69) is 34.1 Å². The topological polar surface area (TPSA) is 38.2 Å². The zero-order chi connectivity index (χ0) is 18.5. The summed E-state index contributed by atoms with van der Waals surface area (Å²) >= 11 is 0. The van der Waals surface area contributed by atoms with Gasteiger partial charge in [0.25, 0.3) is 0 Å². The molecule has 1 fully saturated rings. The minimum Gasteiger partial charge on any atom is -0.497 e. The SMILES string of the molecule is COc1cccc(-c2ccc([C@@H]3CCCCN3Cc3cccnc3)cn2)c1. The van der Waals surface area contributed by atoms with Gasteiger partial charge in [-0.15, -0.1) is 0 Å². The van der Waals surface area contributed by atoms with Crippen molar-refractivity contribution in [2.45, 2.75) is 31.8 Å². The second-order valence-electron chi connectivity index (χ2n) is 7.05. The van der Waals surface area contributed by atoms with E-state index in [1.807, 2.05) is 42.9 Å². The Morgan fingerprint density at radius 1 is 1.07 bits per heavy atom. The van der Waals surface area contributed by atoms with Crippen LogP contribution in [0.15, 0.2) is 67.1 Å². The maximum absolute atomic E-state index is 5.33. The molecular formula is C23H25N3O. The Bertz CT molecular complexity index is 864. The van der Waals surface area contributed by atoms with Crippen LogP contribution in [0, 0.1) is 0 Å². The summed E-state index contributed by atoms with van der Waals surface area (Å²) in [5.74, 6) is 0.855. The first-order valence-electron chi connectivity index (χ1n) is 9.57. The lowest BCUT2D eigenvalue weighted by Gasteiger charge is -2.36. The first-order valence-corrected chi connectivity index (χ1v) is 9.57. The molecule has 3 heterocycles. The molecule has 27 heavy (non-hydrogen) atoms. The Balaban J connectivity index is 1.54. The van der Waals surface area contributed by atoms with Gasteiger partial charge in [-0.2, -0.15) is 0 Å². The molecule has 0 spiro atoms. The van der Waals surface area contributed by atoms with Crippen LogP contribution in [0.3, 0.4) is 0 Å². The maximum atomic E-state index is 5.33. The van der Waals surface area contributed by atoms with Gasteiger partial charge in [-0.1, -0.05) is 30.7 Å². The van der Waals surface area contributed by atoms with Gasteiger partial charge in [0.2, 0.25) is 0 Å². The number of aromatic nitrogens is 2. The van der Waals surface area contributed by atoms with Crippen molar-refractivity contribution < 1.29 is 4.74 Å². The van der Waals surface area contributed by atoms with Gasteiger partial charge < -0.3 is 4.74 Å². The fourth-order valence-electron chi connectivity index (χ4n) is 3.84. The number of hydrogen-bond donors (Lipinski definition) is 0. The van der Waals surface area contributed by atoms with Crippen molar-refractivity contribution in [3.8, 4) is 17.0 Å². The van der Waals surface area contributed by atoms with Gasteiger partial charge in [-0.3, -0.25) is 14.9 Å². The van der Waals surface area contributed by atoms with Crippen molar-refractivity contribution >= 4 is 0 Å². The summed E-state index contributed by atoms with van der Waals surface area (Å²) in [6.07, 6.45) is 9.55. The summed E-state index contributed by atoms with van der Waals surface area (Å²) in [6.45, 7) is 2.06. The molecule has 1 aliphatic heterocycles. The predicted octanol–water partition coefficient (Wildman–Crippen LogP) is 4.88.